The molecule has 0 fully saturated rings. The van der Waals surface area contributed by atoms with Gasteiger partial charge in [-0.2, -0.15) is 4.98 Å². The Balaban J connectivity index is 1.68. The van der Waals surface area contributed by atoms with Gasteiger partial charge in [-0.25, -0.2) is 9.18 Å². The molecular weight excluding hydrogens is 335 g/mol. The molecule has 0 aliphatic carbocycles. The van der Waals surface area contributed by atoms with Gasteiger partial charge in [0.15, 0.2) is 6.61 Å². The molecule has 0 radical (unpaired) electrons. The maximum atomic E-state index is 13.6. The molecule has 0 atom stereocenters. The van der Waals surface area contributed by atoms with E-state index in [2.05, 4.69) is 10.1 Å². The Morgan fingerprint density at radius 2 is 2.12 bits per heavy atom. The molecule has 3 rings (SSSR count). The third-order valence-corrected chi connectivity index (χ3v) is 3.52. The molecule has 0 N–H and O–H groups in total. The van der Waals surface area contributed by atoms with E-state index >= 15 is 0 Å². The summed E-state index contributed by atoms with van der Waals surface area (Å²) in [7, 11) is 0. The highest BCUT2D eigenvalue weighted by atomic mass is 35.5. The van der Waals surface area contributed by atoms with Gasteiger partial charge in [0.25, 0.3) is 5.89 Å². The minimum atomic E-state index is -0.557. The van der Waals surface area contributed by atoms with Crippen molar-refractivity contribution in [3.63, 3.8) is 0 Å². The molecule has 2 aromatic carbocycles. The number of ether oxygens (including phenoxy) is 1. The molecule has 0 aliphatic rings. The molecular formula is C17H12ClFN2O3. The van der Waals surface area contributed by atoms with Gasteiger partial charge in [0.1, 0.15) is 5.82 Å². The largest absolute Gasteiger partial charge is 0.452 e. The van der Waals surface area contributed by atoms with Crippen LogP contribution in [0.4, 0.5) is 4.39 Å². The Hall–Kier alpha value is -2.73. The highest BCUT2D eigenvalue weighted by Crippen LogP contribution is 2.19. The van der Waals surface area contributed by atoms with E-state index in [1.54, 1.807) is 37.3 Å². The van der Waals surface area contributed by atoms with Crippen LogP contribution < -0.4 is 0 Å². The Labute approximate surface area is 142 Å². The van der Waals surface area contributed by atoms with E-state index < -0.39 is 5.97 Å². The van der Waals surface area contributed by atoms with Gasteiger partial charge in [0.05, 0.1) is 5.56 Å². The number of aryl methyl sites for hydroxylation is 1. The average molecular weight is 347 g/mol. The Kier molecular flexibility index (Phi) is 4.57. The first-order chi connectivity index (χ1) is 11.5. The van der Waals surface area contributed by atoms with Crippen molar-refractivity contribution < 1.29 is 18.4 Å². The maximum Gasteiger partial charge on any atom is 0.338 e. The molecule has 0 aliphatic heterocycles. The molecule has 5 nitrogen and oxygen atoms in total. The molecule has 0 amide bonds. The summed E-state index contributed by atoms with van der Waals surface area (Å²) in [4.78, 5) is 16.0. The minimum Gasteiger partial charge on any atom is -0.452 e. The molecule has 0 saturated carbocycles. The van der Waals surface area contributed by atoms with E-state index in [0.717, 1.165) is 0 Å². The summed E-state index contributed by atoms with van der Waals surface area (Å²) >= 11 is 5.82. The van der Waals surface area contributed by atoms with Gasteiger partial charge in [-0.3, -0.25) is 0 Å². The second-order valence-corrected chi connectivity index (χ2v) is 5.50. The number of hydrogen-bond donors (Lipinski definition) is 0. The van der Waals surface area contributed by atoms with Gasteiger partial charge in [0.2, 0.25) is 5.82 Å². The number of nitrogens with zero attached hydrogens (tertiary/aromatic N) is 2. The summed E-state index contributed by atoms with van der Waals surface area (Å²) in [6.45, 7) is 1.47. The van der Waals surface area contributed by atoms with Crippen molar-refractivity contribution in [2.75, 3.05) is 0 Å². The smallest absolute Gasteiger partial charge is 0.338 e. The number of hydrogen-bond acceptors (Lipinski definition) is 5. The summed E-state index contributed by atoms with van der Waals surface area (Å²) in [5.41, 5.74) is 1.33. The van der Waals surface area contributed by atoms with Crippen molar-refractivity contribution >= 4 is 17.6 Å². The fourth-order valence-corrected chi connectivity index (χ4v) is 2.18. The van der Waals surface area contributed by atoms with Crippen LogP contribution in [-0.2, 0) is 11.3 Å². The summed E-state index contributed by atoms with van der Waals surface area (Å²) in [5.74, 6) is -0.575. The van der Waals surface area contributed by atoms with Crippen molar-refractivity contribution in [1.29, 1.82) is 0 Å². The molecule has 7 heteroatoms. The number of carbonyl (C=O) groups excluding carboxylic acids is 1. The highest BCUT2D eigenvalue weighted by molar-refractivity contribution is 6.30. The Morgan fingerprint density at radius 1 is 1.29 bits per heavy atom. The second kappa shape index (κ2) is 6.80. The minimum absolute atomic E-state index is 0.112. The number of rotatable bonds is 4. The fourth-order valence-electron chi connectivity index (χ4n) is 1.99. The lowest BCUT2D eigenvalue weighted by atomic mass is 10.1. The molecule has 0 unspecified atom stereocenters. The van der Waals surface area contributed by atoms with Crippen molar-refractivity contribution in [3.8, 4) is 11.4 Å². The lowest BCUT2D eigenvalue weighted by Gasteiger charge is -2.01. The topological polar surface area (TPSA) is 65.2 Å². The molecule has 1 aromatic heterocycles. The van der Waals surface area contributed by atoms with E-state index in [9.17, 15) is 9.18 Å². The van der Waals surface area contributed by atoms with E-state index in [1.807, 2.05) is 0 Å². The quantitative estimate of drug-likeness (QED) is 0.662. The van der Waals surface area contributed by atoms with Gasteiger partial charge in [-0.05, 0) is 36.8 Å². The Bertz CT molecular complexity index is 895. The van der Waals surface area contributed by atoms with Crippen LogP contribution in [0.2, 0.25) is 5.02 Å². The normalized spacial score (nSPS) is 10.6. The average Bonchev–Trinajstić information content (AvgIpc) is 3.04. The summed E-state index contributed by atoms with van der Waals surface area (Å²) in [5, 5.41) is 4.19. The van der Waals surface area contributed by atoms with Crippen molar-refractivity contribution in [2.24, 2.45) is 0 Å². The zero-order valence-corrected chi connectivity index (χ0v) is 13.4. The number of aromatic nitrogens is 2. The van der Waals surface area contributed by atoms with Gasteiger partial charge >= 0.3 is 5.97 Å². The SMILES string of the molecule is Cc1ccc(-c2noc(COC(=O)c3cccc(Cl)c3)n2)cc1F. The Morgan fingerprint density at radius 3 is 2.88 bits per heavy atom. The zero-order chi connectivity index (χ0) is 17.1. The molecule has 24 heavy (non-hydrogen) atoms. The van der Waals surface area contributed by atoms with Crippen LogP contribution in [0.5, 0.6) is 0 Å². The summed E-state index contributed by atoms with van der Waals surface area (Å²) < 4.78 is 23.7. The van der Waals surface area contributed by atoms with E-state index in [4.69, 9.17) is 20.9 Å². The third kappa shape index (κ3) is 3.60. The van der Waals surface area contributed by atoms with Crippen molar-refractivity contribution in [3.05, 3.63) is 70.3 Å². The highest BCUT2D eigenvalue weighted by Gasteiger charge is 2.13. The van der Waals surface area contributed by atoms with Gasteiger partial charge in [0, 0.05) is 10.6 Å². The first-order valence-corrected chi connectivity index (χ1v) is 7.42. The molecule has 0 spiro atoms. The van der Waals surface area contributed by atoms with Crippen LogP contribution >= 0.6 is 11.6 Å². The molecule has 0 saturated heterocycles. The number of esters is 1. The van der Waals surface area contributed by atoms with Crippen LogP contribution in [0.15, 0.2) is 47.0 Å². The van der Waals surface area contributed by atoms with E-state index in [1.165, 1.54) is 12.1 Å². The van der Waals surface area contributed by atoms with E-state index in [-0.39, 0.29) is 24.1 Å². The molecule has 3 aromatic rings. The van der Waals surface area contributed by atoms with Gasteiger partial charge < -0.3 is 9.26 Å². The second-order valence-electron chi connectivity index (χ2n) is 5.06. The number of halogens is 2. The maximum absolute atomic E-state index is 13.6. The first kappa shape index (κ1) is 16.1. The van der Waals surface area contributed by atoms with Gasteiger partial charge in [-0.1, -0.05) is 35.0 Å². The van der Waals surface area contributed by atoms with Gasteiger partial charge in [-0.15, -0.1) is 0 Å². The number of benzene rings is 2. The monoisotopic (exact) mass is 346 g/mol. The first-order valence-electron chi connectivity index (χ1n) is 7.05. The predicted octanol–water partition coefficient (Wildman–Crippen LogP) is 4.19. The third-order valence-electron chi connectivity index (χ3n) is 3.29. The van der Waals surface area contributed by atoms with Crippen LogP contribution in [0, 0.1) is 12.7 Å². The van der Waals surface area contributed by atoms with Crippen LogP contribution in [0.1, 0.15) is 21.8 Å². The predicted molar refractivity (Wildman–Crippen MR) is 85.0 cm³/mol. The molecule has 0 bridgehead atoms. The van der Waals surface area contributed by atoms with E-state index in [0.29, 0.717) is 21.7 Å². The van der Waals surface area contributed by atoms with Crippen molar-refractivity contribution in [1.82, 2.24) is 10.1 Å². The van der Waals surface area contributed by atoms with Crippen LogP contribution in [-0.4, -0.2) is 16.1 Å². The van der Waals surface area contributed by atoms with Crippen LogP contribution in [0.3, 0.4) is 0 Å². The van der Waals surface area contributed by atoms with Crippen molar-refractivity contribution in [2.45, 2.75) is 13.5 Å². The standard InChI is InChI=1S/C17H12ClFN2O3/c1-10-5-6-11(8-14(10)19)16-20-15(24-21-16)9-23-17(22)12-3-2-4-13(18)7-12/h2-8H,9H2,1H3. The molecule has 122 valence electrons. The van der Waals surface area contributed by atoms with Crippen LogP contribution in [0.25, 0.3) is 11.4 Å². The fraction of sp³-hybridized carbons (Fsp3) is 0.118. The zero-order valence-electron chi connectivity index (χ0n) is 12.6. The lowest BCUT2D eigenvalue weighted by molar-refractivity contribution is 0.0430. The lowest BCUT2D eigenvalue weighted by Crippen LogP contribution is -2.05. The number of carbonyl (C=O) groups is 1. The summed E-state index contributed by atoms with van der Waals surface area (Å²) in [6, 6.07) is 11.0. The summed E-state index contributed by atoms with van der Waals surface area (Å²) in [6.07, 6.45) is 0. The molecule has 1 heterocycles.